The van der Waals surface area contributed by atoms with Crippen molar-refractivity contribution in [3.63, 3.8) is 0 Å². The van der Waals surface area contributed by atoms with Crippen LogP contribution >= 0.6 is 11.6 Å². The topological polar surface area (TPSA) is 61.3 Å². The Morgan fingerprint density at radius 1 is 1.11 bits per heavy atom. The van der Waals surface area contributed by atoms with E-state index in [2.05, 4.69) is 0 Å². The standard InChI is InChI=1S/C13H11ClF2N2O/c1-6-4-7(2-3-8(6)15)19-13-10(18)5-9(17)11(14)12(13)16/h2-5H,17-18H2,1H3. The molecule has 2 aromatic carbocycles. The van der Waals surface area contributed by atoms with E-state index >= 15 is 0 Å². The number of ether oxygens (including phenoxy) is 1. The van der Waals surface area contributed by atoms with Crippen molar-refractivity contribution in [3.8, 4) is 11.5 Å². The van der Waals surface area contributed by atoms with Crippen molar-refractivity contribution >= 4 is 23.0 Å². The van der Waals surface area contributed by atoms with Gasteiger partial charge in [-0.1, -0.05) is 11.6 Å². The average molecular weight is 285 g/mol. The van der Waals surface area contributed by atoms with Crippen LogP contribution in [0, 0.1) is 18.6 Å². The molecule has 0 radical (unpaired) electrons. The molecule has 100 valence electrons. The van der Waals surface area contributed by atoms with E-state index < -0.39 is 5.82 Å². The molecule has 2 rings (SSSR count). The number of hydrogen-bond donors (Lipinski definition) is 2. The van der Waals surface area contributed by atoms with Crippen LogP contribution in [-0.4, -0.2) is 0 Å². The molecule has 0 amide bonds. The highest BCUT2D eigenvalue weighted by Crippen LogP contribution is 2.38. The molecule has 19 heavy (non-hydrogen) atoms. The predicted molar refractivity (Wildman–Crippen MR) is 71.4 cm³/mol. The van der Waals surface area contributed by atoms with Crippen LogP contribution in [0.3, 0.4) is 0 Å². The summed E-state index contributed by atoms with van der Waals surface area (Å²) in [6, 6.07) is 5.32. The third-order valence-corrected chi connectivity index (χ3v) is 2.95. The number of nitrogens with two attached hydrogens (primary N) is 2. The Bertz CT molecular complexity index is 647. The first kappa shape index (κ1) is 13.4. The van der Waals surface area contributed by atoms with E-state index in [1.54, 1.807) is 6.92 Å². The zero-order valence-electron chi connectivity index (χ0n) is 10.0. The normalized spacial score (nSPS) is 10.5. The molecule has 0 aliphatic rings. The molecule has 2 aromatic rings. The van der Waals surface area contributed by atoms with Crippen molar-refractivity contribution in [2.75, 3.05) is 11.5 Å². The van der Waals surface area contributed by atoms with Gasteiger partial charge >= 0.3 is 0 Å². The molecule has 3 nitrogen and oxygen atoms in total. The van der Waals surface area contributed by atoms with Crippen molar-refractivity contribution in [2.45, 2.75) is 6.92 Å². The van der Waals surface area contributed by atoms with Gasteiger partial charge in [-0.05, 0) is 36.8 Å². The summed E-state index contributed by atoms with van der Waals surface area (Å²) in [6.07, 6.45) is 0. The lowest BCUT2D eigenvalue weighted by Gasteiger charge is -2.12. The number of hydrogen-bond acceptors (Lipinski definition) is 3. The van der Waals surface area contributed by atoms with E-state index in [9.17, 15) is 8.78 Å². The minimum Gasteiger partial charge on any atom is -0.452 e. The maximum absolute atomic E-state index is 13.9. The van der Waals surface area contributed by atoms with E-state index in [-0.39, 0.29) is 33.7 Å². The Morgan fingerprint density at radius 2 is 1.79 bits per heavy atom. The summed E-state index contributed by atoms with van der Waals surface area (Å²) in [5, 5.41) is -0.261. The molecule has 0 aromatic heterocycles. The van der Waals surface area contributed by atoms with Crippen LogP contribution in [0.2, 0.25) is 5.02 Å². The van der Waals surface area contributed by atoms with E-state index in [1.165, 1.54) is 24.3 Å². The molecule has 0 aliphatic heterocycles. The first-order valence-corrected chi connectivity index (χ1v) is 5.75. The number of aryl methyl sites for hydroxylation is 1. The van der Waals surface area contributed by atoms with Gasteiger partial charge in [0, 0.05) is 0 Å². The molecule has 0 aliphatic carbocycles. The van der Waals surface area contributed by atoms with E-state index in [1.807, 2.05) is 0 Å². The second-order valence-electron chi connectivity index (χ2n) is 4.03. The van der Waals surface area contributed by atoms with Gasteiger partial charge in [0.1, 0.15) is 16.6 Å². The van der Waals surface area contributed by atoms with Crippen LogP contribution in [-0.2, 0) is 0 Å². The Kier molecular flexibility index (Phi) is 3.48. The van der Waals surface area contributed by atoms with Crippen molar-refractivity contribution in [2.24, 2.45) is 0 Å². The lowest BCUT2D eigenvalue weighted by atomic mass is 10.2. The third kappa shape index (κ3) is 2.56. The zero-order valence-corrected chi connectivity index (χ0v) is 10.8. The Balaban J connectivity index is 2.43. The van der Waals surface area contributed by atoms with Gasteiger partial charge in [0.15, 0.2) is 11.6 Å². The predicted octanol–water partition coefficient (Wildman–Crippen LogP) is 3.88. The first-order valence-electron chi connectivity index (χ1n) is 5.37. The average Bonchev–Trinajstić information content (AvgIpc) is 2.36. The van der Waals surface area contributed by atoms with Gasteiger partial charge in [0.2, 0.25) is 0 Å². The van der Waals surface area contributed by atoms with Crippen molar-refractivity contribution in [3.05, 3.63) is 46.5 Å². The van der Waals surface area contributed by atoms with Crippen molar-refractivity contribution in [1.29, 1.82) is 0 Å². The highest BCUT2D eigenvalue weighted by molar-refractivity contribution is 6.33. The van der Waals surface area contributed by atoms with E-state index in [0.717, 1.165) is 0 Å². The minimum absolute atomic E-state index is 0.0152. The second kappa shape index (κ2) is 4.93. The largest absolute Gasteiger partial charge is 0.452 e. The lowest BCUT2D eigenvalue weighted by Crippen LogP contribution is -2.00. The molecule has 0 heterocycles. The molecule has 0 fully saturated rings. The fourth-order valence-electron chi connectivity index (χ4n) is 1.55. The summed E-state index contributed by atoms with van der Waals surface area (Å²) in [6.45, 7) is 1.57. The summed E-state index contributed by atoms with van der Waals surface area (Å²) < 4.78 is 32.3. The quantitative estimate of drug-likeness (QED) is 0.823. The van der Waals surface area contributed by atoms with Gasteiger partial charge < -0.3 is 16.2 Å². The molecule has 0 saturated heterocycles. The molecule has 0 bridgehead atoms. The molecule has 0 saturated carbocycles. The van der Waals surface area contributed by atoms with Crippen LogP contribution in [0.1, 0.15) is 5.56 Å². The van der Waals surface area contributed by atoms with Crippen LogP contribution in [0.15, 0.2) is 24.3 Å². The van der Waals surface area contributed by atoms with Gasteiger partial charge in [0.25, 0.3) is 0 Å². The summed E-state index contributed by atoms with van der Waals surface area (Å²) >= 11 is 5.68. The van der Waals surface area contributed by atoms with Gasteiger partial charge in [-0.3, -0.25) is 0 Å². The van der Waals surface area contributed by atoms with Gasteiger partial charge in [-0.2, -0.15) is 0 Å². The summed E-state index contributed by atoms with van der Waals surface area (Å²) in [5.41, 5.74) is 11.5. The van der Waals surface area contributed by atoms with Gasteiger partial charge in [0.05, 0.1) is 11.4 Å². The monoisotopic (exact) mass is 284 g/mol. The number of nitrogen functional groups attached to an aromatic ring is 2. The Morgan fingerprint density at radius 3 is 2.42 bits per heavy atom. The number of halogens is 3. The van der Waals surface area contributed by atoms with Crippen molar-refractivity contribution in [1.82, 2.24) is 0 Å². The van der Waals surface area contributed by atoms with Crippen LogP contribution in [0.5, 0.6) is 11.5 Å². The lowest BCUT2D eigenvalue weighted by molar-refractivity contribution is 0.443. The summed E-state index contributed by atoms with van der Waals surface area (Å²) in [4.78, 5) is 0. The minimum atomic E-state index is -0.846. The van der Waals surface area contributed by atoms with Crippen molar-refractivity contribution < 1.29 is 13.5 Å². The Labute approximate surface area is 113 Å². The molecule has 0 spiro atoms. The molecule has 0 atom stereocenters. The van der Waals surface area contributed by atoms with Gasteiger partial charge in [-0.25, -0.2) is 8.78 Å². The molecular formula is C13H11ClF2N2O. The second-order valence-corrected chi connectivity index (χ2v) is 4.40. The Hall–Kier alpha value is -2.01. The van der Waals surface area contributed by atoms with Crippen LogP contribution in [0.25, 0.3) is 0 Å². The molecule has 4 N–H and O–H groups in total. The molecule has 0 unspecified atom stereocenters. The maximum atomic E-state index is 13.9. The van der Waals surface area contributed by atoms with Gasteiger partial charge in [-0.15, -0.1) is 0 Å². The van der Waals surface area contributed by atoms with Crippen LogP contribution in [0.4, 0.5) is 20.2 Å². The fraction of sp³-hybridized carbons (Fsp3) is 0.0769. The first-order chi connectivity index (χ1) is 8.90. The molecule has 6 heteroatoms. The number of rotatable bonds is 2. The maximum Gasteiger partial charge on any atom is 0.188 e. The third-order valence-electron chi connectivity index (χ3n) is 2.57. The highest BCUT2D eigenvalue weighted by Gasteiger charge is 2.16. The smallest absolute Gasteiger partial charge is 0.188 e. The highest BCUT2D eigenvalue weighted by atomic mass is 35.5. The fourth-order valence-corrected chi connectivity index (χ4v) is 1.69. The number of anilines is 2. The summed E-state index contributed by atoms with van der Waals surface area (Å²) in [7, 11) is 0. The zero-order chi connectivity index (χ0) is 14.2. The SMILES string of the molecule is Cc1cc(Oc2c(N)cc(N)c(Cl)c2F)ccc1F. The molecular weight excluding hydrogens is 274 g/mol. The van der Waals surface area contributed by atoms with E-state index in [0.29, 0.717) is 5.56 Å². The van der Waals surface area contributed by atoms with E-state index in [4.69, 9.17) is 27.8 Å². The van der Waals surface area contributed by atoms with Crippen LogP contribution < -0.4 is 16.2 Å². The number of benzene rings is 2. The summed E-state index contributed by atoms with van der Waals surface area (Å²) in [5.74, 6) is -1.20.